The highest BCUT2D eigenvalue weighted by Gasteiger charge is 2.16. The van der Waals surface area contributed by atoms with Gasteiger partial charge in [0.2, 0.25) is 0 Å². The highest BCUT2D eigenvalue weighted by atomic mass is 79.9. The maximum Gasteiger partial charge on any atom is 0.257 e. The van der Waals surface area contributed by atoms with Gasteiger partial charge in [-0.15, -0.1) is 0 Å². The predicted molar refractivity (Wildman–Crippen MR) is 125 cm³/mol. The molecule has 0 saturated carbocycles. The highest BCUT2D eigenvalue weighted by molar-refractivity contribution is 9.10. The first-order chi connectivity index (χ1) is 14.0. The number of thiocarbonyl (C=S) groups is 1. The van der Waals surface area contributed by atoms with E-state index in [1.807, 2.05) is 12.1 Å². The summed E-state index contributed by atoms with van der Waals surface area (Å²) < 4.78 is 5.89. The Kier molecular flexibility index (Phi) is 7.46. The molecular weight excluding hydrogens is 452 g/mol. The van der Waals surface area contributed by atoms with Crippen molar-refractivity contribution >= 4 is 50.5 Å². The van der Waals surface area contributed by atoms with Crippen LogP contribution in [-0.4, -0.2) is 55.8 Å². The third-order valence-electron chi connectivity index (χ3n) is 4.95. The Hall–Kier alpha value is -2.16. The summed E-state index contributed by atoms with van der Waals surface area (Å²) in [7, 11) is 1.58. The summed E-state index contributed by atoms with van der Waals surface area (Å²) in [5.74, 6) is 0.384. The highest BCUT2D eigenvalue weighted by Crippen LogP contribution is 2.25. The van der Waals surface area contributed by atoms with Crippen LogP contribution in [0.1, 0.15) is 17.3 Å². The van der Waals surface area contributed by atoms with Gasteiger partial charge in [0.1, 0.15) is 5.75 Å². The monoisotopic (exact) mass is 476 g/mol. The van der Waals surface area contributed by atoms with E-state index >= 15 is 0 Å². The summed E-state index contributed by atoms with van der Waals surface area (Å²) in [4.78, 5) is 17.2. The second-order valence-electron chi connectivity index (χ2n) is 6.73. The fourth-order valence-corrected chi connectivity index (χ4v) is 3.97. The van der Waals surface area contributed by atoms with E-state index in [9.17, 15) is 4.79 Å². The van der Waals surface area contributed by atoms with Crippen LogP contribution in [0.3, 0.4) is 0 Å². The quantitative estimate of drug-likeness (QED) is 0.641. The number of carbonyl (C=O) groups is 1. The standard InChI is InChI=1S/C21H25BrN4O2S/c1-3-25-10-12-26(13-11-25)17-7-5-16(6-8-17)23-21(29)24-20(27)15-4-9-19(28-2)18(22)14-15/h4-9,14H,3,10-13H2,1-2H3,(H2,23,24,27,29). The Morgan fingerprint density at radius 3 is 2.41 bits per heavy atom. The van der Waals surface area contributed by atoms with Crippen LogP contribution in [0.2, 0.25) is 0 Å². The molecule has 1 heterocycles. The summed E-state index contributed by atoms with van der Waals surface area (Å²) in [6, 6.07) is 13.2. The van der Waals surface area contributed by atoms with Crippen molar-refractivity contribution in [1.82, 2.24) is 10.2 Å². The largest absolute Gasteiger partial charge is 0.496 e. The van der Waals surface area contributed by atoms with E-state index in [-0.39, 0.29) is 11.0 Å². The number of anilines is 2. The Balaban J connectivity index is 1.54. The van der Waals surface area contributed by atoms with Gasteiger partial charge >= 0.3 is 0 Å². The number of ether oxygens (including phenoxy) is 1. The molecule has 1 fully saturated rings. The molecule has 1 aliphatic heterocycles. The average Bonchev–Trinajstić information content (AvgIpc) is 2.74. The molecule has 0 bridgehead atoms. The van der Waals surface area contributed by atoms with Crippen molar-refractivity contribution in [2.24, 2.45) is 0 Å². The second kappa shape index (κ2) is 10.0. The maximum absolute atomic E-state index is 12.4. The van der Waals surface area contributed by atoms with Gasteiger partial charge in [-0.25, -0.2) is 0 Å². The number of nitrogens with one attached hydrogen (secondary N) is 2. The molecule has 6 nitrogen and oxygen atoms in total. The molecule has 29 heavy (non-hydrogen) atoms. The van der Waals surface area contributed by atoms with Crippen molar-refractivity contribution < 1.29 is 9.53 Å². The lowest BCUT2D eigenvalue weighted by atomic mass is 10.2. The first-order valence-electron chi connectivity index (χ1n) is 9.53. The lowest BCUT2D eigenvalue weighted by Crippen LogP contribution is -2.46. The molecule has 154 valence electrons. The molecular formula is C21H25BrN4O2S. The van der Waals surface area contributed by atoms with Crippen molar-refractivity contribution in [3.63, 3.8) is 0 Å². The Morgan fingerprint density at radius 2 is 1.83 bits per heavy atom. The topological polar surface area (TPSA) is 56.8 Å². The third kappa shape index (κ3) is 5.68. The minimum Gasteiger partial charge on any atom is -0.496 e. The number of carbonyl (C=O) groups excluding carboxylic acids is 1. The molecule has 0 radical (unpaired) electrons. The smallest absolute Gasteiger partial charge is 0.257 e. The number of piperazine rings is 1. The molecule has 0 aliphatic carbocycles. The number of hydrogen-bond acceptors (Lipinski definition) is 5. The number of hydrogen-bond donors (Lipinski definition) is 2. The predicted octanol–water partition coefficient (Wildman–Crippen LogP) is 3.73. The van der Waals surface area contributed by atoms with E-state index in [0.717, 1.165) is 38.4 Å². The molecule has 8 heteroatoms. The Labute approximate surface area is 185 Å². The zero-order valence-corrected chi connectivity index (χ0v) is 19.0. The lowest BCUT2D eigenvalue weighted by Gasteiger charge is -2.35. The molecule has 0 spiro atoms. The molecule has 2 N–H and O–H groups in total. The van der Waals surface area contributed by atoms with Crippen molar-refractivity contribution in [3.05, 3.63) is 52.5 Å². The van der Waals surface area contributed by atoms with Crippen molar-refractivity contribution in [3.8, 4) is 5.75 Å². The summed E-state index contributed by atoms with van der Waals surface area (Å²) >= 11 is 8.66. The zero-order chi connectivity index (χ0) is 20.8. The van der Waals surface area contributed by atoms with Crippen LogP contribution in [0.25, 0.3) is 0 Å². The zero-order valence-electron chi connectivity index (χ0n) is 16.6. The van der Waals surface area contributed by atoms with Crippen LogP contribution >= 0.6 is 28.1 Å². The van der Waals surface area contributed by atoms with Gasteiger partial charge in [-0.3, -0.25) is 10.1 Å². The number of amides is 1. The maximum atomic E-state index is 12.4. The molecule has 1 aliphatic rings. The summed E-state index contributed by atoms with van der Waals surface area (Å²) in [6.45, 7) is 7.56. The second-order valence-corrected chi connectivity index (χ2v) is 7.99. The van der Waals surface area contributed by atoms with Gasteiger partial charge in [-0.2, -0.15) is 0 Å². The normalized spacial score (nSPS) is 14.4. The van der Waals surface area contributed by atoms with Gasteiger partial charge in [0.15, 0.2) is 5.11 Å². The third-order valence-corrected chi connectivity index (χ3v) is 5.77. The van der Waals surface area contributed by atoms with E-state index in [1.165, 1.54) is 5.69 Å². The molecule has 2 aromatic rings. The molecule has 0 aromatic heterocycles. The van der Waals surface area contributed by atoms with Gasteiger partial charge in [0.25, 0.3) is 5.91 Å². The summed E-state index contributed by atoms with van der Waals surface area (Å²) in [6.07, 6.45) is 0. The van der Waals surface area contributed by atoms with Crippen LogP contribution in [0, 0.1) is 0 Å². The number of methoxy groups -OCH3 is 1. The van der Waals surface area contributed by atoms with Crippen LogP contribution in [-0.2, 0) is 0 Å². The number of rotatable bonds is 5. The van der Waals surface area contributed by atoms with Crippen molar-refractivity contribution in [2.75, 3.05) is 50.1 Å². The fraction of sp³-hybridized carbons (Fsp3) is 0.333. The molecule has 3 rings (SSSR count). The van der Waals surface area contributed by atoms with E-state index in [1.54, 1.807) is 25.3 Å². The van der Waals surface area contributed by atoms with E-state index in [4.69, 9.17) is 17.0 Å². The number of likely N-dealkylation sites (N-methyl/N-ethyl adjacent to an activating group) is 1. The average molecular weight is 477 g/mol. The van der Waals surface area contributed by atoms with Crippen molar-refractivity contribution in [2.45, 2.75) is 6.92 Å². The molecule has 0 unspecified atom stereocenters. The summed E-state index contributed by atoms with van der Waals surface area (Å²) in [5, 5.41) is 6.02. The Morgan fingerprint density at radius 1 is 1.14 bits per heavy atom. The van der Waals surface area contributed by atoms with Crippen LogP contribution < -0.4 is 20.3 Å². The van der Waals surface area contributed by atoms with E-state index < -0.39 is 0 Å². The molecule has 2 aromatic carbocycles. The van der Waals surface area contributed by atoms with Gasteiger partial charge in [-0.05, 0) is 77.2 Å². The first-order valence-corrected chi connectivity index (χ1v) is 10.7. The van der Waals surface area contributed by atoms with E-state index in [0.29, 0.717) is 15.8 Å². The minimum atomic E-state index is -0.281. The van der Waals surface area contributed by atoms with Gasteiger partial charge in [0, 0.05) is 43.1 Å². The van der Waals surface area contributed by atoms with Crippen LogP contribution in [0.4, 0.5) is 11.4 Å². The van der Waals surface area contributed by atoms with Crippen LogP contribution in [0.5, 0.6) is 5.75 Å². The van der Waals surface area contributed by atoms with Crippen molar-refractivity contribution in [1.29, 1.82) is 0 Å². The molecule has 1 amide bonds. The van der Waals surface area contributed by atoms with Gasteiger partial charge in [-0.1, -0.05) is 6.92 Å². The summed E-state index contributed by atoms with van der Waals surface area (Å²) in [5.41, 5.74) is 2.52. The SMILES string of the molecule is CCN1CCN(c2ccc(NC(=S)NC(=O)c3ccc(OC)c(Br)c3)cc2)CC1. The number of benzene rings is 2. The van der Waals surface area contributed by atoms with E-state index in [2.05, 4.69) is 55.4 Å². The Bertz CT molecular complexity index is 867. The lowest BCUT2D eigenvalue weighted by molar-refractivity contribution is 0.0977. The van der Waals surface area contributed by atoms with Gasteiger partial charge in [0.05, 0.1) is 11.6 Å². The van der Waals surface area contributed by atoms with Gasteiger partial charge < -0.3 is 19.9 Å². The first kappa shape index (κ1) is 21.5. The minimum absolute atomic E-state index is 0.256. The number of halogens is 1. The number of nitrogens with zero attached hydrogens (tertiary/aromatic N) is 2. The molecule has 1 saturated heterocycles. The molecule has 0 atom stereocenters. The fourth-order valence-electron chi connectivity index (χ4n) is 3.22. The van der Waals surface area contributed by atoms with Crippen LogP contribution in [0.15, 0.2) is 46.9 Å².